The van der Waals surface area contributed by atoms with Gasteiger partial charge < -0.3 is 14.9 Å². The maximum Gasteiger partial charge on any atom is 0.323 e. The maximum atomic E-state index is 12.4. The molecule has 5 nitrogen and oxygen atoms in total. The molecular weight excluding hydrogens is 252 g/mol. The molecule has 0 aromatic heterocycles. The summed E-state index contributed by atoms with van der Waals surface area (Å²) in [6.07, 6.45) is 1.87. The Balaban J connectivity index is 2.00. The van der Waals surface area contributed by atoms with E-state index in [0.717, 1.165) is 25.9 Å². The third-order valence-corrected chi connectivity index (χ3v) is 4.46. The molecule has 2 rings (SSSR count). The van der Waals surface area contributed by atoms with E-state index in [1.165, 1.54) is 4.90 Å². The van der Waals surface area contributed by atoms with Crippen LogP contribution in [-0.4, -0.2) is 63.1 Å². The van der Waals surface area contributed by atoms with Crippen LogP contribution in [0.15, 0.2) is 0 Å². The van der Waals surface area contributed by atoms with Crippen molar-refractivity contribution < 1.29 is 14.7 Å². The van der Waals surface area contributed by atoms with E-state index in [2.05, 4.69) is 13.8 Å². The first-order chi connectivity index (χ1) is 8.47. The predicted molar refractivity (Wildman–Crippen MR) is 70.8 cm³/mol. The molecule has 1 aliphatic carbocycles. The Morgan fingerprint density at radius 3 is 2.28 bits per heavy atom. The second-order valence-electron chi connectivity index (χ2n) is 5.20. The van der Waals surface area contributed by atoms with E-state index in [0.29, 0.717) is 10.5 Å². The topological polar surface area (TPSA) is 60.9 Å². The Labute approximate surface area is 112 Å². The van der Waals surface area contributed by atoms with Crippen molar-refractivity contribution in [1.82, 2.24) is 9.80 Å². The zero-order valence-corrected chi connectivity index (χ0v) is 11.7. The van der Waals surface area contributed by atoms with Gasteiger partial charge >= 0.3 is 12.0 Å². The van der Waals surface area contributed by atoms with Crippen LogP contribution in [0.5, 0.6) is 0 Å². The molecule has 2 fully saturated rings. The van der Waals surface area contributed by atoms with Crippen LogP contribution < -0.4 is 0 Å². The summed E-state index contributed by atoms with van der Waals surface area (Å²) in [6.45, 7) is 5.49. The Morgan fingerprint density at radius 2 is 1.83 bits per heavy atom. The van der Waals surface area contributed by atoms with Crippen molar-refractivity contribution in [2.45, 2.75) is 43.2 Å². The molecule has 2 unspecified atom stereocenters. The zero-order chi connectivity index (χ0) is 13.3. The highest BCUT2D eigenvalue weighted by atomic mass is 32.2. The summed E-state index contributed by atoms with van der Waals surface area (Å²) in [6, 6.07) is 0.0488. The van der Waals surface area contributed by atoms with Gasteiger partial charge in [0.15, 0.2) is 0 Å². The lowest BCUT2D eigenvalue weighted by Crippen LogP contribution is -2.52. The van der Waals surface area contributed by atoms with Crippen LogP contribution in [0.3, 0.4) is 0 Å². The molecule has 2 aliphatic rings. The molecule has 1 N–H and O–H groups in total. The van der Waals surface area contributed by atoms with E-state index in [1.54, 1.807) is 0 Å². The lowest BCUT2D eigenvalue weighted by molar-refractivity contribution is -0.137. The van der Waals surface area contributed by atoms with Crippen LogP contribution in [0.1, 0.15) is 26.7 Å². The summed E-state index contributed by atoms with van der Waals surface area (Å²) < 4.78 is 0. The maximum absolute atomic E-state index is 12.4. The number of amides is 2. The van der Waals surface area contributed by atoms with Gasteiger partial charge in [-0.3, -0.25) is 4.79 Å². The summed E-state index contributed by atoms with van der Waals surface area (Å²) in [4.78, 5) is 26.6. The SMILES string of the molecule is CC1CN(C(=O)N(CC(=O)O)C2CC2)CC(C)S1. The van der Waals surface area contributed by atoms with E-state index in [9.17, 15) is 9.59 Å². The number of nitrogens with zero attached hydrogens (tertiary/aromatic N) is 2. The normalized spacial score (nSPS) is 28.0. The second-order valence-corrected chi connectivity index (χ2v) is 7.08. The van der Waals surface area contributed by atoms with Crippen molar-refractivity contribution in [3.63, 3.8) is 0 Å². The summed E-state index contributed by atoms with van der Waals surface area (Å²) in [5.41, 5.74) is 0. The van der Waals surface area contributed by atoms with Crippen molar-refractivity contribution in [3.8, 4) is 0 Å². The number of hydrogen-bond acceptors (Lipinski definition) is 3. The molecule has 1 heterocycles. The van der Waals surface area contributed by atoms with Crippen LogP contribution in [0, 0.1) is 0 Å². The highest BCUT2D eigenvalue weighted by Gasteiger charge is 2.37. The molecule has 18 heavy (non-hydrogen) atoms. The van der Waals surface area contributed by atoms with Crippen molar-refractivity contribution in [1.29, 1.82) is 0 Å². The number of aliphatic carboxylic acids is 1. The van der Waals surface area contributed by atoms with E-state index in [1.807, 2.05) is 16.7 Å². The van der Waals surface area contributed by atoms with Crippen molar-refractivity contribution >= 4 is 23.8 Å². The molecule has 2 atom stereocenters. The molecule has 1 saturated heterocycles. The highest BCUT2D eigenvalue weighted by Crippen LogP contribution is 2.30. The monoisotopic (exact) mass is 272 g/mol. The van der Waals surface area contributed by atoms with Crippen LogP contribution in [0.4, 0.5) is 4.79 Å². The lowest BCUT2D eigenvalue weighted by Gasteiger charge is -2.37. The molecule has 1 saturated carbocycles. The molecule has 0 spiro atoms. The first kappa shape index (κ1) is 13.5. The van der Waals surface area contributed by atoms with Crippen molar-refractivity contribution in [2.24, 2.45) is 0 Å². The number of hydrogen-bond donors (Lipinski definition) is 1. The quantitative estimate of drug-likeness (QED) is 0.845. The Morgan fingerprint density at radius 1 is 1.28 bits per heavy atom. The van der Waals surface area contributed by atoms with Crippen LogP contribution >= 0.6 is 11.8 Å². The van der Waals surface area contributed by atoms with Crippen LogP contribution in [0.2, 0.25) is 0 Å². The fourth-order valence-corrected chi connectivity index (χ4v) is 3.73. The Bertz CT molecular complexity index is 336. The molecule has 0 radical (unpaired) electrons. The summed E-state index contributed by atoms with van der Waals surface area (Å²) in [5, 5.41) is 9.74. The first-order valence-electron chi connectivity index (χ1n) is 6.40. The average Bonchev–Trinajstić information content (AvgIpc) is 3.07. The number of carbonyl (C=O) groups is 2. The number of rotatable bonds is 3. The van der Waals surface area contributed by atoms with Crippen molar-refractivity contribution in [2.75, 3.05) is 19.6 Å². The van der Waals surface area contributed by atoms with Gasteiger partial charge in [-0.05, 0) is 12.8 Å². The molecule has 0 aromatic rings. The lowest BCUT2D eigenvalue weighted by atomic mass is 10.3. The number of carbonyl (C=O) groups excluding carboxylic acids is 1. The smallest absolute Gasteiger partial charge is 0.323 e. The van der Waals surface area contributed by atoms with E-state index >= 15 is 0 Å². The molecule has 0 aromatic carbocycles. The van der Waals surface area contributed by atoms with Crippen LogP contribution in [-0.2, 0) is 4.79 Å². The summed E-state index contributed by atoms with van der Waals surface area (Å²) in [7, 11) is 0. The van der Waals surface area contributed by atoms with Gasteiger partial charge in [-0.2, -0.15) is 11.8 Å². The first-order valence-corrected chi connectivity index (χ1v) is 7.34. The van der Waals surface area contributed by atoms with E-state index in [4.69, 9.17) is 5.11 Å². The third kappa shape index (κ3) is 3.31. The Kier molecular flexibility index (Phi) is 4.04. The number of carboxylic acid groups (broad SMARTS) is 1. The van der Waals surface area contributed by atoms with Gasteiger partial charge in [0, 0.05) is 29.6 Å². The fraction of sp³-hybridized carbons (Fsp3) is 0.833. The van der Waals surface area contributed by atoms with Gasteiger partial charge in [0.1, 0.15) is 6.54 Å². The molecule has 0 bridgehead atoms. The van der Waals surface area contributed by atoms with Gasteiger partial charge in [0.2, 0.25) is 0 Å². The van der Waals surface area contributed by atoms with Gasteiger partial charge in [0.25, 0.3) is 0 Å². The third-order valence-electron chi connectivity index (χ3n) is 3.23. The summed E-state index contributed by atoms with van der Waals surface area (Å²) >= 11 is 1.88. The van der Waals surface area contributed by atoms with Crippen LogP contribution in [0.25, 0.3) is 0 Å². The van der Waals surface area contributed by atoms with Gasteiger partial charge in [-0.1, -0.05) is 13.8 Å². The van der Waals surface area contributed by atoms with Gasteiger partial charge in [0.05, 0.1) is 0 Å². The zero-order valence-electron chi connectivity index (χ0n) is 10.8. The molecule has 1 aliphatic heterocycles. The Hall–Kier alpha value is -0.910. The molecular formula is C12H20N2O3S. The largest absolute Gasteiger partial charge is 0.480 e. The van der Waals surface area contributed by atoms with E-state index < -0.39 is 5.97 Å². The number of carboxylic acids is 1. The minimum Gasteiger partial charge on any atom is -0.480 e. The molecule has 102 valence electrons. The van der Waals surface area contributed by atoms with Crippen molar-refractivity contribution in [3.05, 3.63) is 0 Å². The average molecular weight is 272 g/mol. The summed E-state index contributed by atoms with van der Waals surface area (Å²) in [5.74, 6) is -0.928. The predicted octanol–water partition coefficient (Wildman–Crippen LogP) is 1.48. The number of thioether (sulfide) groups is 1. The molecule has 2 amide bonds. The van der Waals surface area contributed by atoms with Gasteiger partial charge in [-0.15, -0.1) is 0 Å². The minimum absolute atomic E-state index is 0.0982. The second kappa shape index (κ2) is 5.38. The fourth-order valence-electron chi connectivity index (χ4n) is 2.40. The number of urea groups is 1. The highest BCUT2D eigenvalue weighted by molar-refractivity contribution is 8.00. The molecule has 6 heteroatoms. The standard InChI is InChI=1S/C12H20N2O3S/c1-8-5-13(6-9(2)18-8)12(17)14(7-11(15)16)10-3-4-10/h8-10H,3-7H2,1-2H3,(H,15,16). The minimum atomic E-state index is -0.928. The van der Waals surface area contributed by atoms with Gasteiger partial charge in [-0.25, -0.2) is 4.79 Å². The van der Waals surface area contributed by atoms with E-state index in [-0.39, 0.29) is 18.6 Å².